The number of nitrogens with one attached hydrogen (secondary N) is 1. The Hall–Kier alpha value is -2.55. The Morgan fingerprint density at radius 2 is 1.97 bits per heavy atom. The van der Waals surface area contributed by atoms with Crippen LogP contribution in [0, 0.1) is 5.92 Å². The van der Waals surface area contributed by atoms with Gasteiger partial charge < -0.3 is 20.9 Å². The molecule has 4 aliphatic carbocycles. The Morgan fingerprint density at radius 3 is 2.68 bits per heavy atom. The number of piperidine rings is 1. The fraction of sp³-hybridized carbons (Fsp3) is 0.517. The molecule has 7 atom stereocenters. The zero-order valence-electron chi connectivity index (χ0n) is 20.8. The number of amides is 2. The number of hydrogen-bond donors (Lipinski definition) is 3. The van der Waals surface area contributed by atoms with Gasteiger partial charge in [-0.3, -0.25) is 14.5 Å². The fourth-order valence-electron chi connectivity index (χ4n) is 8.72. The third-order valence-electron chi connectivity index (χ3n) is 10.3. The predicted molar refractivity (Wildman–Crippen MR) is 139 cm³/mol. The van der Waals surface area contributed by atoms with E-state index in [2.05, 4.69) is 10.2 Å². The summed E-state index contributed by atoms with van der Waals surface area (Å²) in [6.07, 6.45) is 7.01. The number of primary amides is 1. The summed E-state index contributed by atoms with van der Waals surface area (Å²) in [4.78, 5) is 29.4. The highest BCUT2D eigenvalue weighted by Crippen LogP contribution is 2.76. The number of carbonyl (C=O) groups excluding carboxylic acids is 2. The molecule has 6 aliphatic rings. The summed E-state index contributed by atoms with van der Waals surface area (Å²) in [7, 11) is 0. The number of rotatable bonds is 6. The second-order valence-corrected chi connectivity index (χ2v) is 13.0. The molecule has 0 radical (unpaired) electrons. The third kappa shape index (κ3) is 2.66. The zero-order valence-corrected chi connectivity index (χ0v) is 21.6. The van der Waals surface area contributed by atoms with Gasteiger partial charge in [-0.2, -0.15) is 0 Å². The molecule has 2 aromatic rings. The average molecular weight is 518 g/mol. The van der Waals surface area contributed by atoms with E-state index in [4.69, 9.17) is 10.5 Å². The molecule has 1 saturated heterocycles. The van der Waals surface area contributed by atoms with E-state index >= 15 is 0 Å². The van der Waals surface area contributed by atoms with Gasteiger partial charge in [-0.15, -0.1) is 11.8 Å². The molecule has 4 N–H and O–H groups in total. The van der Waals surface area contributed by atoms with Crippen LogP contribution in [0.4, 0.5) is 0 Å². The normalized spacial score (nSPS) is 39.4. The Bertz CT molecular complexity index is 1380. The van der Waals surface area contributed by atoms with Gasteiger partial charge in [0.05, 0.1) is 28.7 Å². The van der Waals surface area contributed by atoms with Crippen molar-refractivity contribution in [2.45, 2.75) is 78.2 Å². The molecular weight excluding hydrogens is 486 g/mol. The maximum Gasteiger partial charge on any atom is 0.252 e. The Kier molecular flexibility index (Phi) is 4.30. The lowest BCUT2D eigenvalue weighted by molar-refractivity contribution is -0.116. The summed E-state index contributed by atoms with van der Waals surface area (Å²) in [5.41, 5.74) is 7.22. The second-order valence-electron chi connectivity index (χ2n) is 12.1. The van der Waals surface area contributed by atoms with Crippen LogP contribution in [0.5, 0.6) is 5.75 Å². The minimum atomic E-state index is -0.958. The number of hydrogen-bond acceptors (Lipinski definition) is 6. The molecule has 2 aliphatic heterocycles. The molecule has 4 fully saturated rings. The number of benzene rings is 2. The number of aliphatic hydroxyl groups is 1. The van der Waals surface area contributed by atoms with E-state index in [1.54, 1.807) is 17.8 Å². The summed E-state index contributed by atoms with van der Waals surface area (Å²) in [6.45, 7) is 1.06. The van der Waals surface area contributed by atoms with Gasteiger partial charge in [-0.1, -0.05) is 6.07 Å². The van der Waals surface area contributed by atoms with Gasteiger partial charge in [0.2, 0.25) is 0 Å². The smallest absolute Gasteiger partial charge is 0.252 e. The molecule has 3 saturated carbocycles. The van der Waals surface area contributed by atoms with E-state index in [0.29, 0.717) is 29.7 Å². The number of carbonyl (C=O) groups is 2. The lowest BCUT2D eigenvalue weighted by Gasteiger charge is -2.53. The molecule has 7 nitrogen and oxygen atoms in total. The van der Waals surface area contributed by atoms with E-state index in [1.165, 1.54) is 12.8 Å². The van der Waals surface area contributed by atoms with E-state index < -0.39 is 23.0 Å². The van der Waals surface area contributed by atoms with Crippen molar-refractivity contribution < 1.29 is 19.4 Å². The Labute approximate surface area is 220 Å². The molecule has 2 bridgehead atoms. The van der Waals surface area contributed by atoms with Crippen molar-refractivity contribution in [3.8, 4) is 5.75 Å². The first-order chi connectivity index (χ1) is 17.8. The Morgan fingerprint density at radius 1 is 1.19 bits per heavy atom. The largest absolute Gasteiger partial charge is 0.486 e. The maximum atomic E-state index is 13.3. The third-order valence-corrected chi connectivity index (χ3v) is 11.1. The quantitative estimate of drug-likeness (QED) is 0.402. The van der Waals surface area contributed by atoms with Crippen LogP contribution in [0.2, 0.25) is 0 Å². The fourth-order valence-corrected chi connectivity index (χ4v) is 9.13. The van der Waals surface area contributed by atoms with Crippen LogP contribution in [0.1, 0.15) is 63.9 Å². The molecule has 0 aromatic heterocycles. The predicted octanol–water partition coefficient (Wildman–Crippen LogP) is 2.62. The van der Waals surface area contributed by atoms with Gasteiger partial charge in [0.1, 0.15) is 11.9 Å². The van der Waals surface area contributed by atoms with E-state index in [1.807, 2.05) is 36.6 Å². The van der Waals surface area contributed by atoms with Crippen LogP contribution >= 0.6 is 11.8 Å². The van der Waals surface area contributed by atoms with Crippen LogP contribution in [-0.4, -0.2) is 63.9 Å². The molecule has 8 heteroatoms. The van der Waals surface area contributed by atoms with Gasteiger partial charge in [-0.25, -0.2) is 0 Å². The summed E-state index contributed by atoms with van der Waals surface area (Å²) >= 11 is 1.64. The number of fused-ring (bicyclic) bond motifs is 1. The number of likely N-dealkylation sites (tertiary alicyclic amines) is 1. The first kappa shape index (κ1) is 22.4. The molecular formula is C29H31N3O4S. The summed E-state index contributed by atoms with van der Waals surface area (Å²) in [5, 5.41) is 15.9. The first-order valence-electron chi connectivity index (χ1n) is 13.4. The highest BCUT2D eigenvalue weighted by molar-refractivity contribution is 7.98. The van der Waals surface area contributed by atoms with E-state index in [0.717, 1.165) is 41.3 Å². The van der Waals surface area contributed by atoms with Crippen LogP contribution < -0.4 is 15.8 Å². The summed E-state index contributed by atoms with van der Waals surface area (Å²) in [5.74, 6) is 0.615. The highest BCUT2D eigenvalue weighted by Gasteiger charge is 2.88. The van der Waals surface area contributed by atoms with Crippen molar-refractivity contribution >= 4 is 23.6 Å². The van der Waals surface area contributed by atoms with Crippen LogP contribution in [-0.2, 0) is 11.8 Å². The van der Waals surface area contributed by atoms with E-state index in [-0.39, 0.29) is 23.5 Å². The Balaban J connectivity index is 1.21. The summed E-state index contributed by atoms with van der Waals surface area (Å²) < 4.78 is 6.66. The van der Waals surface area contributed by atoms with Crippen LogP contribution in [0.3, 0.4) is 0 Å². The molecule has 192 valence electrons. The van der Waals surface area contributed by atoms with Gasteiger partial charge in [0.15, 0.2) is 0 Å². The zero-order chi connectivity index (χ0) is 25.3. The van der Waals surface area contributed by atoms with E-state index in [9.17, 15) is 14.7 Å². The van der Waals surface area contributed by atoms with Crippen molar-refractivity contribution in [2.75, 3.05) is 12.8 Å². The van der Waals surface area contributed by atoms with Gasteiger partial charge in [0, 0.05) is 28.1 Å². The molecule has 2 aromatic carbocycles. The lowest BCUT2D eigenvalue weighted by atomic mass is 9.56. The monoisotopic (exact) mass is 517 g/mol. The topological polar surface area (TPSA) is 105 Å². The molecule has 2 heterocycles. The van der Waals surface area contributed by atoms with Crippen LogP contribution in [0.25, 0.3) is 0 Å². The molecule has 8 rings (SSSR count). The number of nitrogens with zero attached hydrogens (tertiary/aromatic N) is 1. The van der Waals surface area contributed by atoms with Gasteiger partial charge in [-0.05, 0) is 86.6 Å². The van der Waals surface area contributed by atoms with Gasteiger partial charge >= 0.3 is 0 Å². The number of thioether (sulfide) groups is 1. The van der Waals surface area contributed by atoms with Crippen molar-refractivity contribution in [3.05, 3.63) is 58.7 Å². The molecule has 2 unspecified atom stereocenters. The summed E-state index contributed by atoms with van der Waals surface area (Å²) in [6, 6.07) is 11.2. The minimum absolute atomic E-state index is 0.0612. The van der Waals surface area contributed by atoms with Crippen LogP contribution in [0.15, 0.2) is 41.3 Å². The lowest BCUT2D eigenvalue weighted by Crippen LogP contribution is -2.68. The highest BCUT2D eigenvalue weighted by atomic mass is 32.2. The van der Waals surface area contributed by atoms with Gasteiger partial charge in [0.25, 0.3) is 11.8 Å². The first-order valence-corrected chi connectivity index (χ1v) is 14.6. The maximum absolute atomic E-state index is 13.3. The number of ether oxygens (including phenoxy) is 1. The van der Waals surface area contributed by atoms with Crippen molar-refractivity contribution in [3.63, 3.8) is 0 Å². The molecule has 2 spiro atoms. The molecule has 2 amide bonds. The van der Waals surface area contributed by atoms with Crippen molar-refractivity contribution in [2.24, 2.45) is 11.7 Å². The average Bonchev–Trinajstić information content (AvgIpc) is 3.76. The number of nitrogens with two attached hydrogens (primary N) is 1. The van der Waals surface area contributed by atoms with Crippen molar-refractivity contribution in [1.82, 2.24) is 10.2 Å². The van der Waals surface area contributed by atoms with Crippen molar-refractivity contribution in [1.29, 1.82) is 0 Å². The SMILES string of the molecule is CSc1ccc(C(=O)N[C@@H]2CC[C@@]3(O)[C@@H]4N(CC5CC5)C45Cc4ccc(C(N)=O)c6c4[C@@]3(C5)[C@H]2O6)cc1. The molecule has 37 heavy (non-hydrogen) atoms. The second kappa shape index (κ2) is 7.10. The standard InChI is InChI=1S/C29H31N3O4S/c1-37-18-7-4-16(5-8-18)25(34)31-20-10-11-29(35)26-27(32(26)13-15-2-3-15)12-17-6-9-19(24(30)33)22-21(17)28(29,14-27)23(20)36-22/h4-9,15,20,23,26,35H,2-3,10-14H2,1H3,(H2,30,33)(H,31,34)/t20-,23+,26-,27?,28+,29-,32?/m1/s1. The minimum Gasteiger partial charge on any atom is -0.486 e.